The van der Waals surface area contributed by atoms with Crippen molar-refractivity contribution in [1.29, 1.82) is 0 Å². The van der Waals surface area contributed by atoms with Crippen LogP contribution in [-0.2, 0) is 0 Å². The maximum Gasteiger partial charge on any atom is 0.255 e. The van der Waals surface area contributed by atoms with Crippen LogP contribution < -0.4 is 4.90 Å². The number of nitrogens with zero attached hydrogens (tertiary/aromatic N) is 6. The Hall–Kier alpha value is -1.40. The zero-order valence-electron chi connectivity index (χ0n) is 12.0. The number of hydrogen-bond acceptors (Lipinski definition) is 5. The zero-order chi connectivity index (χ0) is 14.3. The second-order valence-electron chi connectivity index (χ2n) is 5.25. The molecule has 108 valence electrons. The minimum Gasteiger partial charge on any atom is -0.353 e. The summed E-state index contributed by atoms with van der Waals surface area (Å²) in [7, 11) is 0. The number of aromatic nitrogens is 4. The minimum absolute atomic E-state index is 0.506. The van der Waals surface area contributed by atoms with Gasteiger partial charge >= 0.3 is 0 Å². The molecule has 0 aromatic carbocycles. The molecular weight excluding hydrogens is 276 g/mol. The van der Waals surface area contributed by atoms with Gasteiger partial charge in [-0.3, -0.25) is 4.90 Å². The van der Waals surface area contributed by atoms with Gasteiger partial charge in [0.1, 0.15) is 17.3 Å². The van der Waals surface area contributed by atoms with Gasteiger partial charge in [0.2, 0.25) is 0 Å². The van der Waals surface area contributed by atoms with Crippen LogP contribution in [0.3, 0.4) is 0 Å². The first kappa shape index (κ1) is 13.6. The van der Waals surface area contributed by atoms with Crippen molar-refractivity contribution in [3.63, 3.8) is 0 Å². The standard InChI is InChI=1S/C13H19ClN6/c1-4-18-5-6-19(7-9(18)2)12-10(3)11(14)17-13-15-8-16-20(12)13/h8-9H,4-7H2,1-3H3. The fraction of sp³-hybridized carbons (Fsp3) is 0.615. The Morgan fingerprint density at radius 2 is 2.20 bits per heavy atom. The molecule has 3 heterocycles. The van der Waals surface area contributed by atoms with E-state index in [4.69, 9.17) is 11.6 Å². The smallest absolute Gasteiger partial charge is 0.255 e. The molecule has 1 saturated heterocycles. The molecule has 0 radical (unpaired) electrons. The normalized spacial score (nSPS) is 20.8. The fourth-order valence-electron chi connectivity index (χ4n) is 2.91. The van der Waals surface area contributed by atoms with Gasteiger partial charge in [-0.05, 0) is 20.4 Å². The van der Waals surface area contributed by atoms with Gasteiger partial charge in [-0.15, -0.1) is 0 Å². The second kappa shape index (κ2) is 5.18. The maximum absolute atomic E-state index is 6.23. The minimum atomic E-state index is 0.506. The van der Waals surface area contributed by atoms with E-state index in [1.165, 1.54) is 6.33 Å². The first-order chi connectivity index (χ1) is 9.61. The van der Waals surface area contributed by atoms with E-state index in [-0.39, 0.29) is 0 Å². The van der Waals surface area contributed by atoms with Crippen molar-refractivity contribution in [1.82, 2.24) is 24.5 Å². The van der Waals surface area contributed by atoms with E-state index in [1.807, 2.05) is 6.92 Å². The molecule has 6 nitrogen and oxygen atoms in total. The van der Waals surface area contributed by atoms with Crippen LogP contribution in [0.2, 0.25) is 5.15 Å². The van der Waals surface area contributed by atoms with Gasteiger partial charge in [0.05, 0.1) is 0 Å². The predicted molar refractivity (Wildman–Crippen MR) is 79.5 cm³/mol. The maximum atomic E-state index is 6.23. The molecule has 1 atom stereocenters. The molecule has 7 heteroatoms. The summed E-state index contributed by atoms with van der Waals surface area (Å²) in [5.74, 6) is 1.57. The molecule has 1 fully saturated rings. The Kier molecular flexibility index (Phi) is 3.52. The number of halogens is 1. The fourth-order valence-corrected chi connectivity index (χ4v) is 3.07. The Bertz CT molecular complexity index is 625. The number of fused-ring (bicyclic) bond motifs is 1. The Balaban J connectivity index is 2.02. The third-order valence-corrected chi connectivity index (χ3v) is 4.41. The van der Waals surface area contributed by atoms with Crippen molar-refractivity contribution >= 4 is 23.2 Å². The van der Waals surface area contributed by atoms with Crippen molar-refractivity contribution in [3.05, 3.63) is 17.0 Å². The quantitative estimate of drug-likeness (QED) is 0.788. The monoisotopic (exact) mass is 294 g/mol. The van der Waals surface area contributed by atoms with Crippen LogP contribution in [0.5, 0.6) is 0 Å². The average Bonchev–Trinajstić information content (AvgIpc) is 2.87. The molecule has 2 aromatic heterocycles. The van der Waals surface area contributed by atoms with Crippen LogP contribution in [0, 0.1) is 6.92 Å². The van der Waals surface area contributed by atoms with Crippen LogP contribution in [0.4, 0.5) is 5.82 Å². The van der Waals surface area contributed by atoms with Crippen LogP contribution >= 0.6 is 11.6 Å². The van der Waals surface area contributed by atoms with Gasteiger partial charge in [-0.2, -0.15) is 19.6 Å². The third kappa shape index (κ3) is 2.13. The van der Waals surface area contributed by atoms with Gasteiger partial charge in [-0.25, -0.2) is 0 Å². The highest BCUT2D eigenvalue weighted by atomic mass is 35.5. The Labute approximate surface area is 123 Å². The molecule has 0 aliphatic carbocycles. The van der Waals surface area contributed by atoms with E-state index in [0.717, 1.165) is 37.6 Å². The number of piperazine rings is 1. The number of hydrogen-bond donors (Lipinski definition) is 0. The lowest BCUT2D eigenvalue weighted by Crippen LogP contribution is -2.52. The Morgan fingerprint density at radius 3 is 2.90 bits per heavy atom. The molecule has 20 heavy (non-hydrogen) atoms. The number of rotatable bonds is 2. The summed E-state index contributed by atoms with van der Waals surface area (Å²) in [6.07, 6.45) is 1.52. The number of anilines is 1. The summed E-state index contributed by atoms with van der Waals surface area (Å²) in [5.41, 5.74) is 0.960. The summed E-state index contributed by atoms with van der Waals surface area (Å²) in [4.78, 5) is 13.2. The van der Waals surface area contributed by atoms with E-state index < -0.39 is 0 Å². The van der Waals surface area contributed by atoms with Gasteiger partial charge in [0.25, 0.3) is 5.78 Å². The topological polar surface area (TPSA) is 49.6 Å². The summed E-state index contributed by atoms with van der Waals surface area (Å²) in [6, 6.07) is 0.513. The largest absolute Gasteiger partial charge is 0.353 e. The van der Waals surface area contributed by atoms with Gasteiger partial charge in [0, 0.05) is 31.2 Å². The third-order valence-electron chi connectivity index (χ3n) is 4.04. The molecule has 0 saturated carbocycles. The van der Waals surface area contributed by atoms with Crippen LogP contribution in [0.25, 0.3) is 5.78 Å². The molecule has 0 spiro atoms. The molecule has 0 amide bonds. The average molecular weight is 295 g/mol. The lowest BCUT2D eigenvalue weighted by molar-refractivity contribution is 0.198. The summed E-state index contributed by atoms with van der Waals surface area (Å²) in [6.45, 7) is 10.5. The molecule has 1 aliphatic rings. The van der Waals surface area contributed by atoms with Crippen molar-refractivity contribution in [3.8, 4) is 0 Å². The summed E-state index contributed by atoms with van der Waals surface area (Å²) in [5, 5.41) is 4.79. The summed E-state index contributed by atoms with van der Waals surface area (Å²) >= 11 is 6.23. The van der Waals surface area contributed by atoms with Crippen molar-refractivity contribution in [2.75, 3.05) is 31.1 Å². The highest BCUT2D eigenvalue weighted by Crippen LogP contribution is 2.27. The van der Waals surface area contributed by atoms with E-state index in [1.54, 1.807) is 4.52 Å². The van der Waals surface area contributed by atoms with Crippen LogP contribution in [-0.4, -0.2) is 56.7 Å². The molecule has 0 bridgehead atoms. The molecule has 1 unspecified atom stereocenters. The Morgan fingerprint density at radius 1 is 1.40 bits per heavy atom. The van der Waals surface area contributed by atoms with Gasteiger partial charge in [0.15, 0.2) is 0 Å². The second-order valence-corrected chi connectivity index (χ2v) is 5.60. The lowest BCUT2D eigenvalue weighted by Gasteiger charge is -2.40. The van der Waals surface area contributed by atoms with Crippen molar-refractivity contribution < 1.29 is 0 Å². The van der Waals surface area contributed by atoms with Crippen molar-refractivity contribution in [2.24, 2.45) is 0 Å². The molecule has 0 N–H and O–H groups in total. The number of likely N-dealkylation sites (N-methyl/N-ethyl adjacent to an activating group) is 1. The first-order valence-electron chi connectivity index (χ1n) is 6.96. The summed E-state index contributed by atoms with van der Waals surface area (Å²) < 4.78 is 1.79. The van der Waals surface area contributed by atoms with Crippen molar-refractivity contribution in [2.45, 2.75) is 26.8 Å². The predicted octanol–water partition coefficient (Wildman–Crippen LogP) is 1.62. The molecule has 2 aromatic rings. The first-order valence-corrected chi connectivity index (χ1v) is 7.34. The lowest BCUT2D eigenvalue weighted by atomic mass is 10.2. The van der Waals surface area contributed by atoms with E-state index >= 15 is 0 Å². The highest BCUT2D eigenvalue weighted by Gasteiger charge is 2.26. The molecular formula is C13H19ClN6. The molecule has 3 rings (SSSR count). The van der Waals surface area contributed by atoms with E-state index in [2.05, 4.69) is 38.7 Å². The zero-order valence-corrected chi connectivity index (χ0v) is 12.8. The van der Waals surface area contributed by atoms with Crippen LogP contribution in [0.1, 0.15) is 19.4 Å². The SMILES string of the molecule is CCN1CCN(c2c(C)c(Cl)nc3ncnn23)CC1C. The molecule has 1 aliphatic heterocycles. The van der Waals surface area contributed by atoms with E-state index in [0.29, 0.717) is 17.0 Å². The highest BCUT2D eigenvalue weighted by molar-refractivity contribution is 6.30. The van der Waals surface area contributed by atoms with Gasteiger partial charge < -0.3 is 4.90 Å². The van der Waals surface area contributed by atoms with E-state index in [9.17, 15) is 0 Å². The van der Waals surface area contributed by atoms with Crippen LogP contribution in [0.15, 0.2) is 6.33 Å². The van der Waals surface area contributed by atoms with Gasteiger partial charge in [-0.1, -0.05) is 18.5 Å².